The topological polar surface area (TPSA) is 57.8 Å². The zero-order valence-electron chi connectivity index (χ0n) is 8.29. The number of allylic oxidation sites excluding steroid dienone is 1. The molecule has 0 unspecified atom stereocenters. The van der Waals surface area contributed by atoms with Crippen molar-refractivity contribution in [3.8, 4) is 0 Å². The Morgan fingerprint density at radius 2 is 2.57 bits per heavy atom. The third-order valence-corrected chi connectivity index (χ3v) is 1.78. The molecule has 1 heterocycles. The molecule has 1 aromatic heterocycles. The molecule has 0 bridgehead atoms. The van der Waals surface area contributed by atoms with Crippen molar-refractivity contribution in [3.05, 3.63) is 30.1 Å². The number of amides is 1. The van der Waals surface area contributed by atoms with Crippen molar-refractivity contribution in [1.82, 2.24) is 15.5 Å². The minimum Gasteiger partial charge on any atom is -0.355 e. The average molecular weight is 193 g/mol. The number of nitrogens with one attached hydrogen (secondary N) is 2. The summed E-state index contributed by atoms with van der Waals surface area (Å²) >= 11 is 0. The molecule has 0 atom stereocenters. The van der Waals surface area contributed by atoms with Gasteiger partial charge in [-0.3, -0.25) is 9.89 Å². The van der Waals surface area contributed by atoms with Crippen molar-refractivity contribution in [2.75, 3.05) is 6.54 Å². The smallest absolute Gasteiger partial charge is 0.226 e. The van der Waals surface area contributed by atoms with Crippen LogP contribution in [0.15, 0.2) is 24.4 Å². The van der Waals surface area contributed by atoms with Gasteiger partial charge in [-0.2, -0.15) is 5.10 Å². The molecular formula is C10H15N3O. The number of hydrogen-bond donors (Lipinski definition) is 2. The quantitative estimate of drug-likeness (QED) is 0.542. The number of aromatic amines is 1. The van der Waals surface area contributed by atoms with Gasteiger partial charge in [0.2, 0.25) is 5.91 Å². The summed E-state index contributed by atoms with van der Waals surface area (Å²) in [4.78, 5) is 11.3. The lowest BCUT2D eigenvalue weighted by atomic mass is 10.3. The number of aromatic nitrogens is 2. The fourth-order valence-electron chi connectivity index (χ4n) is 1.08. The van der Waals surface area contributed by atoms with Crippen molar-refractivity contribution in [3.63, 3.8) is 0 Å². The molecule has 1 rings (SSSR count). The van der Waals surface area contributed by atoms with Crippen molar-refractivity contribution >= 4 is 5.91 Å². The molecule has 0 aromatic carbocycles. The van der Waals surface area contributed by atoms with E-state index in [0.717, 1.165) is 12.1 Å². The van der Waals surface area contributed by atoms with Gasteiger partial charge in [0.15, 0.2) is 0 Å². The first-order valence-corrected chi connectivity index (χ1v) is 4.69. The summed E-state index contributed by atoms with van der Waals surface area (Å²) in [7, 11) is 0. The van der Waals surface area contributed by atoms with Gasteiger partial charge in [-0.25, -0.2) is 0 Å². The van der Waals surface area contributed by atoms with Gasteiger partial charge >= 0.3 is 0 Å². The minimum atomic E-state index is 0.0266. The van der Waals surface area contributed by atoms with E-state index in [4.69, 9.17) is 0 Å². The van der Waals surface area contributed by atoms with E-state index >= 15 is 0 Å². The van der Waals surface area contributed by atoms with E-state index in [0.29, 0.717) is 13.0 Å². The number of rotatable bonds is 5. The Hall–Kier alpha value is -1.58. The molecule has 76 valence electrons. The minimum absolute atomic E-state index is 0.0266. The third-order valence-electron chi connectivity index (χ3n) is 1.78. The Morgan fingerprint density at radius 1 is 1.71 bits per heavy atom. The van der Waals surface area contributed by atoms with E-state index in [-0.39, 0.29) is 5.91 Å². The Labute approximate surface area is 83.4 Å². The van der Waals surface area contributed by atoms with Gasteiger partial charge in [0, 0.05) is 18.4 Å². The lowest BCUT2D eigenvalue weighted by molar-refractivity contribution is -0.120. The molecule has 1 amide bonds. The standard InChI is InChI=1S/C10H15N3O/c1-2-3-4-6-11-10(14)8-9-5-7-12-13-9/h2-3,5,7H,4,6,8H2,1H3,(H,11,14)(H,12,13)/b3-2+. The molecule has 0 spiro atoms. The van der Waals surface area contributed by atoms with Crippen LogP contribution in [0.25, 0.3) is 0 Å². The third kappa shape index (κ3) is 3.89. The SMILES string of the molecule is C/C=C/CCNC(=O)Cc1ccn[nH]1. The maximum absolute atomic E-state index is 11.3. The summed E-state index contributed by atoms with van der Waals surface area (Å²) in [5, 5.41) is 9.33. The largest absolute Gasteiger partial charge is 0.355 e. The Morgan fingerprint density at radius 3 is 3.21 bits per heavy atom. The maximum atomic E-state index is 11.3. The van der Waals surface area contributed by atoms with Gasteiger partial charge in [-0.15, -0.1) is 0 Å². The molecule has 4 nitrogen and oxygen atoms in total. The van der Waals surface area contributed by atoms with Gasteiger partial charge in [0.1, 0.15) is 0 Å². The first kappa shape index (κ1) is 10.5. The monoisotopic (exact) mass is 193 g/mol. The second-order valence-corrected chi connectivity index (χ2v) is 2.97. The molecule has 14 heavy (non-hydrogen) atoms. The molecular weight excluding hydrogens is 178 g/mol. The predicted molar refractivity (Wildman–Crippen MR) is 54.7 cm³/mol. The fraction of sp³-hybridized carbons (Fsp3) is 0.400. The summed E-state index contributed by atoms with van der Waals surface area (Å²) in [5.74, 6) is 0.0266. The number of carbonyl (C=O) groups is 1. The molecule has 0 aliphatic rings. The van der Waals surface area contributed by atoms with Gasteiger partial charge in [0.05, 0.1) is 6.42 Å². The molecule has 1 aromatic rings. The van der Waals surface area contributed by atoms with Crippen LogP contribution in [0.2, 0.25) is 0 Å². The van der Waals surface area contributed by atoms with Gasteiger partial charge in [-0.1, -0.05) is 12.2 Å². The summed E-state index contributed by atoms with van der Waals surface area (Å²) in [6.07, 6.45) is 6.89. The summed E-state index contributed by atoms with van der Waals surface area (Å²) < 4.78 is 0. The van der Waals surface area contributed by atoms with Crippen molar-refractivity contribution in [2.45, 2.75) is 19.8 Å². The molecule has 0 saturated heterocycles. The van der Waals surface area contributed by atoms with Crippen LogP contribution in [0, 0.1) is 0 Å². The van der Waals surface area contributed by atoms with Crippen LogP contribution >= 0.6 is 0 Å². The van der Waals surface area contributed by atoms with Crippen LogP contribution < -0.4 is 5.32 Å². The predicted octanol–water partition coefficient (Wildman–Crippen LogP) is 1.03. The number of nitrogens with zero attached hydrogens (tertiary/aromatic N) is 1. The van der Waals surface area contributed by atoms with Crippen molar-refractivity contribution in [1.29, 1.82) is 0 Å². The first-order valence-electron chi connectivity index (χ1n) is 4.69. The Bertz CT molecular complexity index is 290. The highest BCUT2D eigenvalue weighted by Crippen LogP contribution is 1.92. The van der Waals surface area contributed by atoms with Crippen molar-refractivity contribution < 1.29 is 4.79 Å². The molecule has 4 heteroatoms. The van der Waals surface area contributed by atoms with E-state index in [2.05, 4.69) is 15.5 Å². The number of carbonyl (C=O) groups excluding carboxylic acids is 1. The highest BCUT2D eigenvalue weighted by atomic mass is 16.1. The van der Waals surface area contributed by atoms with E-state index in [1.807, 2.05) is 19.1 Å². The highest BCUT2D eigenvalue weighted by Gasteiger charge is 2.02. The van der Waals surface area contributed by atoms with Crippen LogP contribution in [0.3, 0.4) is 0 Å². The summed E-state index contributed by atoms with van der Waals surface area (Å²) in [6.45, 7) is 2.66. The Balaban J connectivity index is 2.17. The van der Waals surface area contributed by atoms with Gasteiger partial charge < -0.3 is 5.32 Å². The second kappa shape index (κ2) is 5.96. The number of H-pyrrole nitrogens is 1. The lowest BCUT2D eigenvalue weighted by Crippen LogP contribution is -2.25. The summed E-state index contributed by atoms with van der Waals surface area (Å²) in [6, 6.07) is 1.80. The van der Waals surface area contributed by atoms with Crippen LogP contribution in [-0.2, 0) is 11.2 Å². The van der Waals surface area contributed by atoms with E-state index in [9.17, 15) is 4.79 Å². The molecule has 0 fully saturated rings. The molecule has 0 aliphatic carbocycles. The van der Waals surface area contributed by atoms with Crippen LogP contribution in [0.5, 0.6) is 0 Å². The van der Waals surface area contributed by atoms with Gasteiger partial charge in [-0.05, 0) is 19.4 Å². The molecule has 2 N–H and O–H groups in total. The van der Waals surface area contributed by atoms with Crippen molar-refractivity contribution in [2.24, 2.45) is 0 Å². The van der Waals surface area contributed by atoms with Crippen LogP contribution in [0.4, 0.5) is 0 Å². The molecule has 0 aliphatic heterocycles. The lowest BCUT2D eigenvalue weighted by Gasteiger charge is -2.01. The molecule has 0 radical (unpaired) electrons. The normalized spacial score (nSPS) is 10.6. The fourth-order valence-corrected chi connectivity index (χ4v) is 1.08. The van der Waals surface area contributed by atoms with E-state index < -0.39 is 0 Å². The molecule has 0 saturated carbocycles. The Kier molecular flexibility index (Phi) is 4.47. The van der Waals surface area contributed by atoms with Gasteiger partial charge in [0.25, 0.3) is 0 Å². The zero-order valence-corrected chi connectivity index (χ0v) is 8.29. The zero-order chi connectivity index (χ0) is 10.2. The van der Waals surface area contributed by atoms with Crippen LogP contribution in [-0.4, -0.2) is 22.6 Å². The van der Waals surface area contributed by atoms with E-state index in [1.165, 1.54) is 0 Å². The maximum Gasteiger partial charge on any atom is 0.226 e. The number of hydrogen-bond acceptors (Lipinski definition) is 2. The summed E-state index contributed by atoms with van der Waals surface area (Å²) in [5.41, 5.74) is 0.841. The van der Waals surface area contributed by atoms with Crippen LogP contribution in [0.1, 0.15) is 19.0 Å². The first-order chi connectivity index (χ1) is 6.83. The second-order valence-electron chi connectivity index (χ2n) is 2.97. The highest BCUT2D eigenvalue weighted by molar-refractivity contribution is 5.77. The van der Waals surface area contributed by atoms with E-state index in [1.54, 1.807) is 12.3 Å². The average Bonchev–Trinajstić information content (AvgIpc) is 2.65.